The Kier molecular flexibility index (Phi) is 3.83. The highest BCUT2D eigenvalue weighted by Crippen LogP contribution is 2.45. The van der Waals surface area contributed by atoms with E-state index in [9.17, 15) is 17.6 Å². The Balaban J connectivity index is 2.07. The molecule has 2 aromatic heterocycles. The Bertz CT molecular complexity index is 1010. The first-order chi connectivity index (χ1) is 12.3. The molecule has 26 heavy (non-hydrogen) atoms. The second-order valence-electron chi connectivity index (χ2n) is 5.99. The summed E-state index contributed by atoms with van der Waals surface area (Å²) in [5, 5.41) is 4.45. The Hall–Kier alpha value is -2.35. The van der Waals surface area contributed by atoms with E-state index < -0.39 is 23.4 Å². The molecule has 0 atom stereocenters. The number of nitrogens with zero attached hydrogens (tertiary/aromatic N) is 4. The van der Waals surface area contributed by atoms with Gasteiger partial charge in [-0.05, 0) is 18.1 Å². The predicted octanol–water partition coefficient (Wildman–Crippen LogP) is 4.80. The zero-order chi connectivity index (χ0) is 18.6. The number of aromatic nitrogens is 3. The SMILES string of the molecule is CCc1nc2cc(F)c(C(F)(F)F)c(N3CCc4cccc(Cl)c43)n2n1. The fourth-order valence-corrected chi connectivity index (χ4v) is 3.59. The standard InChI is InChI=1S/C17H13ClF4N4/c1-2-12-23-13-8-11(19)14(17(20,21)22)16(26(13)24-12)25-7-6-9-4-3-5-10(18)15(9)25/h3-5,8H,2,6-7H2,1H3. The number of para-hydroxylation sites is 1. The van der Waals surface area contributed by atoms with E-state index >= 15 is 0 Å². The van der Waals surface area contributed by atoms with Gasteiger partial charge in [-0.2, -0.15) is 17.7 Å². The van der Waals surface area contributed by atoms with Crippen molar-refractivity contribution in [1.82, 2.24) is 14.6 Å². The van der Waals surface area contributed by atoms with Crippen LogP contribution in [0.1, 0.15) is 23.9 Å². The average molecular weight is 385 g/mol. The second-order valence-corrected chi connectivity index (χ2v) is 6.40. The number of alkyl halides is 3. The van der Waals surface area contributed by atoms with Crippen molar-refractivity contribution in [2.24, 2.45) is 0 Å². The van der Waals surface area contributed by atoms with Gasteiger partial charge in [0.15, 0.2) is 17.3 Å². The molecule has 0 fully saturated rings. The molecule has 136 valence electrons. The summed E-state index contributed by atoms with van der Waals surface area (Å²) in [6.07, 6.45) is -3.97. The molecule has 0 radical (unpaired) electrons. The van der Waals surface area contributed by atoms with Crippen LogP contribution >= 0.6 is 11.6 Å². The monoisotopic (exact) mass is 384 g/mol. The Morgan fingerprint density at radius 1 is 1.27 bits per heavy atom. The van der Waals surface area contributed by atoms with Gasteiger partial charge in [0.2, 0.25) is 0 Å². The van der Waals surface area contributed by atoms with Crippen molar-refractivity contribution >= 4 is 28.8 Å². The number of fused-ring (bicyclic) bond motifs is 2. The molecule has 3 aromatic rings. The van der Waals surface area contributed by atoms with E-state index in [4.69, 9.17) is 11.6 Å². The van der Waals surface area contributed by atoms with Crippen molar-refractivity contribution in [3.05, 3.63) is 52.1 Å². The minimum Gasteiger partial charge on any atom is -0.324 e. The highest BCUT2D eigenvalue weighted by molar-refractivity contribution is 6.33. The Labute approximate surface area is 151 Å². The first kappa shape index (κ1) is 17.1. The molecule has 0 aliphatic carbocycles. The van der Waals surface area contributed by atoms with E-state index in [0.717, 1.165) is 16.1 Å². The third kappa shape index (κ3) is 2.51. The van der Waals surface area contributed by atoms with Crippen LogP contribution in [-0.4, -0.2) is 21.1 Å². The van der Waals surface area contributed by atoms with Gasteiger partial charge in [-0.15, -0.1) is 5.10 Å². The van der Waals surface area contributed by atoms with Gasteiger partial charge in [-0.25, -0.2) is 9.37 Å². The van der Waals surface area contributed by atoms with E-state index in [2.05, 4.69) is 10.1 Å². The molecule has 1 aliphatic rings. The molecular formula is C17H13ClF4N4. The Morgan fingerprint density at radius 2 is 2.04 bits per heavy atom. The smallest absolute Gasteiger partial charge is 0.324 e. The topological polar surface area (TPSA) is 33.4 Å². The molecule has 1 aliphatic heterocycles. The summed E-state index contributed by atoms with van der Waals surface area (Å²) in [7, 11) is 0. The molecule has 9 heteroatoms. The minimum absolute atomic E-state index is 0.0304. The maximum atomic E-state index is 14.5. The lowest BCUT2D eigenvalue weighted by atomic mass is 10.1. The average Bonchev–Trinajstić information content (AvgIpc) is 3.16. The van der Waals surface area contributed by atoms with Crippen molar-refractivity contribution in [3.8, 4) is 0 Å². The molecule has 0 saturated carbocycles. The number of pyridine rings is 1. The lowest BCUT2D eigenvalue weighted by molar-refractivity contribution is -0.139. The van der Waals surface area contributed by atoms with Crippen LogP contribution in [0.5, 0.6) is 0 Å². The maximum absolute atomic E-state index is 14.5. The van der Waals surface area contributed by atoms with Crippen molar-refractivity contribution in [1.29, 1.82) is 0 Å². The van der Waals surface area contributed by atoms with Crippen LogP contribution in [0.25, 0.3) is 5.65 Å². The molecule has 4 nitrogen and oxygen atoms in total. The van der Waals surface area contributed by atoms with Crippen LogP contribution < -0.4 is 4.90 Å². The quantitative estimate of drug-likeness (QED) is 0.595. The lowest BCUT2D eigenvalue weighted by Crippen LogP contribution is -2.24. The summed E-state index contributed by atoms with van der Waals surface area (Å²) in [6, 6.07) is 5.90. The summed E-state index contributed by atoms with van der Waals surface area (Å²) in [6.45, 7) is 2.01. The van der Waals surface area contributed by atoms with Crippen LogP contribution in [0.2, 0.25) is 5.02 Å². The van der Waals surface area contributed by atoms with Crippen molar-refractivity contribution in [2.45, 2.75) is 25.9 Å². The molecule has 0 bridgehead atoms. The third-order valence-electron chi connectivity index (χ3n) is 4.40. The molecular weight excluding hydrogens is 372 g/mol. The third-order valence-corrected chi connectivity index (χ3v) is 4.70. The number of rotatable bonds is 2. The van der Waals surface area contributed by atoms with Crippen molar-refractivity contribution < 1.29 is 17.6 Å². The van der Waals surface area contributed by atoms with Crippen LogP contribution in [0.15, 0.2) is 24.3 Å². The summed E-state index contributed by atoms with van der Waals surface area (Å²) >= 11 is 6.24. The molecule has 0 saturated heterocycles. The highest BCUT2D eigenvalue weighted by Gasteiger charge is 2.42. The minimum atomic E-state index is -4.89. The van der Waals surface area contributed by atoms with Gasteiger partial charge in [0.25, 0.3) is 0 Å². The van der Waals surface area contributed by atoms with E-state index in [1.165, 1.54) is 4.90 Å². The van der Waals surface area contributed by atoms with Gasteiger partial charge in [0, 0.05) is 19.0 Å². The summed E-state index contributed by atoms with van der Waals surface area (Å²) in [5.74, 6) is -1.44. The van der Waals surface area contributed by atoms with Crippen molar-refractivity contribution in [3.63, 3.8) is 0 Å². The van der Waals surface area contributed by atoms with Crippen LogP contribution in [-0.2, 0) is 19.0 Å². The van der Waals surface area contributed by atoms with E-state index in [0.29, 0.717) is 29.4 Å². The Morgan fingerprint density at radius 3 is 2.73 bits per heavy atom. The first-order valence-electron chi connectivity index (χ1n) is 8.01. The van der Waals surface area contributed by atoms with Gasteiger partial charge < -0.3 is 4.90 Å². The molecule has 0 N–H and O–H groups in total. The molecule has 3 heterocycles. The molecule has 1 aromatic carbocycles. The largest absolute Gasteiger partial charge is 0.422 e. The maximum Gasteiger partial charge on any atom is 0.422 e. The van der Waals surface area contributed by atoms with Gasteiger partial charge in [-0.3, -0.25) is 0 Å². The zero-order valence-electron chi connectivity index (χ0n) is 13.6. The van der Waals surface area contributed by atoms with E-state index in [1.807, 2.05) is 0 Å². The van der Waals surface area contributed by atoms with Gasteiger partial charge in [-0.1, -0.05) is 30.7 Å². The highest BCUT2D eigenvalue weighted by atomic mass is 35.5. The molecule has 0 amide bonds. The number of halogens is 5. The number of hydrogen-bond donors (Lipinski definition) is 0. The zero-order valence-corrected chi connectivity index (χ0v) is 14.4. The number of anilines is 2. The number of benzene rings is 1. The second kappa shape index (κ2) is 5.84. The van der Waals surface area contributed by atoms with E-state index in [-0.39, 0.29) is 12.2 Å². The van der Waals surface area contributed by atoms with Crippen LogP contribution in [0, 0.1) is 5.82 Å². The summed E-state index contributed by atoms with van der Waals surface area (Å²) in [5.41, 5.74) is -0.0906. The van der Waals surface area contributed by atoms with Gasteiger partial charge in [0.1, 0.15) is 11.4 Å². The molecule has 0 spiro atoms. The fourth-order valence-electron chi connectivity index (χ4n) is 3.30. The number of aryl methyl sites for hydroxylation is 1. The predicted molar refractivity (Wildman–Crippen MR) is 89.5 cm³/mol. The van der Waals surface area contributed by atoms with Gasteiger partial charge in [0.05, 0.1) is 10.7 Å². The summed E-state index contributed by atoms with van der Waals surface area (Å²) in [4.78, 5) is 5.49. The van der Waals surface area contributed by atoms with Crippen LogP contribution in [0.4, 0.5) is 29.1 Å². The van der Waals surface area contributed by atoms with Gasteiger partial charge >= 0.3 is 6.18 Å². The molecule has 4 rings (SSSR count). The van der Waals surface area contributed by atoms with E-state index in [1.54, 1.807) is 25.1 Å². The first-order valence-corrected chi connectivity index (χ1v) is 8.39. The lowest BCUT2D eigenvalue weighted by Gasteiger charge is -2.25. The molecule has 0 unspecified atom stereocenters. The fraction of sp³-hybridized carbons (Fsp3) is 0.294. The normalized spacial score (nSPS) is 14.3. The van der Waals surface area contributed by atoms with Crippen molar-refractivity contribution in [2.75, 3.05) is 11.4 Å². The number of hydrogen-bond acceptors (Lipinski definition) is 3. The summed E-state index contributed by atoms with van der Waals surface area (Å²) < 4.78 is 56.6. The van der Waals surface area contributed by atoms with Crippen LogP contribution in [0.3, 0.4) is 0 Å².